The zero-order chi connectivity index (χ0) is 30.6. The summed E-state index contributed by atoms with van der Waals surface area (Å²) in [5, 5.41) is 0. The molecule has 0 radical (unpaired) electrons. The summed E-state index contributed by atoms with van der Waals surface area (Å²) >= 11 is 0. The van der Waals surface area contributed by atoms with Crippen LogP contribution in [0.25, 0.3) is 0 Å². The number of hydrogen-bond acceptors (Lipinski definition) is 10. The van der Waals surface area contributed by atoms with Crippen molar-refractivity contribution in [3.63, 3.8) is 0 Å². The van der Waals surface area contributed by atoms with Crippen LogP contribution in [0, 0.1) is 13.8 Å². The summed E-state index contributed by atoms with van der Waals surface area (Å²) in [6.45, 7) is 6.06. The third-order valence-corrected chi connectivity index (χ3v) is 7.18. The van der Waals surface area contributed by atoms with Gasteiger partial charge < -0.3 is 9.47 Å². The molecule has 42 heavy (non-hydrogen) atoms. The second-order valence-electron chi connectivity index (χ2n) is 10.4. The molecule has 2 unspecified atom stereocenters. The predicted molar refractivity (Wildman–Crippen MR) is 148 cm³/mol. The monoisotopic (exact) mass is 578 g/mol. The van der Waals surface area contributed by atoms with Crippen LogP contribution >= 0.6 is 0 Å². The molecule has 2 aromatic rings. The van der Waals surface area contributed by atoms with E-state index in [1.807, 2.05) is 0 Å². The van der Waals surface area contributed by atoms with Gasteiger partial charge in [0.1, 0.15) is 0 Å². The number of ether oxygens (including phenoxy) is 2. The molecule has 0 N–H and O–H groups in total. The van der Waals surface area contributed by atoms with Crippen molar-refractivity contribution in [3.05, 3.63) is 70.8 Å². The van der Waals surface area contributed by atoms with Gasteiger partial charge in [0.05, 0.1) is 26.2 Å². The third-order valence-electron chi connectivity index (χ3n) is 7.18. The van der Waals surface area contributed by atoms with E-state index >= 15 is 0 Å². The van der Waals surface area contributed by atoms with Gasteiger partial charge in [-0.05, 0) is 25.0 Å². The summed E-state index contributed by atoms with van der Waals surface area (Å²) in [4.78, 5) is 81.5. The molecule has 2 atom stereocenters. The minimum absolute atomic E-state index is 0.112. The van der Waals surface area contributed by atoms with Crippen molar-refractivity contribution in [2.75, 3.05) is 39.3 Å². The summed E-state index contributed by atoms with van der Waals surface area (Å²) in [6, 6.07) is 14.1. The number of imide groups is 2. The lowest BCUT2D eigenvalue weighted by Gasteiger charge is -2.39. The van der Waals surface area contributed by atoms with Gasteiger partial charge >= 0.3 is 11.9 Å². The van der Waals surface area contributed by atoms with E-state index in [0.29, 0.717) is 11.1 Å². The predicted octanol–water partition coefficient (Wildman–Crippen LogP) is 1.47. The van der Waals surface area contributed by atoms with E-state index in [2.05, 4.69) is 0 Å². The number of aryl methyl sites for hydroxylation is 2. The molecule has 0 saturated carbocycles. The van der Waals surface area contributed by atoms with Crippen LogP contribution in [0.5, 0.6) is 0 Å². The smallest absolute Gasteiger partial charge is 0.304 e. The van der Waals surface area contributed by atoms with Crippen LogP contribution < -0.4 is 0 Å². The van der Waals surface area contributed by atoms with Crippen molar-refractivity contribution in [1.82, 2.24) is 19.6 Å². The van der Waals surface area contributed by atoms with Gasteiger partial charge in [-0.15, -0.1) is 0 Å². The highest BCUT2D eigenvalue weighted by molar-refractivity contribution is 6.00. The Hall–Kier alpha value is -4.42. The standard InChI is InChI=1S/C30H34N4O8/c1-19-9-5-7-11-23(19)29(41-21(3)35)33-25(37)15-31(16-26(33)38)13-14-32-17-27(39)34(28(40)18-32)30(42-22(4)36)24-12-8-6-10-20(24)2/h5-12,29-30H,13-18H2,1-4H3. The zero-order valence-corrected chi connectivity index (χ0v) is 24.1. The van der Waals surface area contributed by atoms with Crippen LogP contribution in [0.2, 0.25) is 0 Å². The SMILES string of the molecule is CC(=O)OC(c1ccccc1C)N1C(=O)CN(CCN2CC(=O)N(C(OC(C)=O)c3ccccc3C)C(=O)C2)CC1=O. The van der Waals surface area contributed by atoms with Crippen LogP contribution in [0.3, 0.4) is 0 Å². The summed E-state index contributed by atoms with van der Waals surface area (Å²) in [6.07, 6.45) is -2.35. The van der Waals surface area contributed by atoms with E-state index in [4.69, 9.17) is 9.47 Å². The van der Waals surface area contributed by atoms with Gasteiger partial charge in [0.25, 0.3) is 0 Å². The van der Waals surface area contributed by atoms with Crippen molar-refractivity contribution in [2.24, 2.45) is 0 Å². The van der Waals surface area contributed by atoms with Gasteiger partial charge in [0, 0.05) is 38.1 Å². The molecule has 222 valence electrons. The minimum atomic E-state index is -1.17. The van der Waals surface area contributed by atoms with Crippen molar-refractivity contribution in [3.8, 4) is 0 Å². The summed E-state index contributed by atoms with van der Waals surface area (Å²) in [5.41, 5.74) is 2.60. The Balaban J connectivity index is 1.40. The first kappa shape index (κ1) is 30.5. The summed E-state index contributed by atoms with van der Waals surface area (Å²) in [5.74, 6) is -3.36. The number of hydrogen-bond donors (Lipinski definition) is 0. The molecule has 2 fully saturated rings. The lowest BCUT2D eigenvalue weighted by molar-refractivity contribution is -0.178. The lowest BCUT2D eigenvalue weighted by atomic mass is 10.1. The molecular formula is C30H34N4O8. The average Bonchev–Trinajstić information content (AvgIpc) is 2.90. The number of nitrogens with zero attached hydrogens (tertiary/aromatic N) is 4. The maximum atomic E-state index is 13.1. The van der Waals surface area contributed by atoms with Crippen LogP contribution in [0.4, 0.5) is 0 Å². The topological polar surface area (TPSA) is 134 Å². The first-order valence-electron chi connectivity index (χ1n) is 13.6. The molecule has 0 spiro atoms. The Kier molecular flexibility index (Phi) is 9.48. The first-order chi connectivity index (χ1) is 20.0. The molecule has 2 heterocycles. The van der Waals surface area contributed by atoms with E-state index in [9.17, 15) is 28.8 Å². The molecule has 2 aliphatic rings. The molecule has 0 aromatic heterocycles. The van der Waals surface area contributed by atoms with Crippen LogP contribution in [-0.2, 0) is 38.2 Å². The lowest BCUT2D eigenvalue weighted by Crippen LogP contribution is -2.59. The number of carbonyl (C=O) groups excluding carboxylic acids is 6. The number of benzene rings is 2. The fourth-order valence-electron chi connectivity index (χ4n) is 5.13. The van der Waals surface area contributed by atoms with E-state index in [1.54, 1.807) is 72.2 Å². The Bertz CT molecular complexity index is 1270. The zero-order valence-electron chi connectivity index (χ0n) is 24.1. The quantitative estimate of drug-likeness (QED) is 0.318. The molecular weight excluding hydrogens is 544 g/mol. The third kappa shape index (κ3) is 6.89. The molecule has 2 saturated heterocycles. The molecule has 2 aromatic carbocycles. The van der Waals surface area contributed by atoms with Crippen LogP contribution in [-0.4, -0.2) is 94.4 Å². The Morgan fingerprint density at radius 2 is 0.929 bits per heavy atom. The highest BCUT2D eigenvalue weighted by Gasteiger charge is 2.41. The van der Waals surface area contributed by atoms with Gasteiger partial charge in [-0.2, -0.15) is 0 Å². The highest BCUT2D eigenvalue weighted by Crippen LogP contribution is 2.29. The number of esters is 2. The van der Waals surface area contributed by atoms with E-state index in [1.165, 1.54) is 13.8 Å². The average molecular weight is 579 g/mol. The maximum absolute atomic E-state index is 13.1. The van der Waals surface area contributed by atoms with Crippen molar-refractivity contribution < 1.29 is 38.2 Å². The fraction of sp³-hybridized carbons (Fsp3) is 0.400. The van der Waals surface area contributed by atoms with Gasteiger partial charge in [-0.1, -0.05) is 48.5 Å². The molecule has 4 amide bonds. The van der Waals surface area contributed by atoms with Crippen molar-refractivity contribution >= 4 is 35.6 Å². The fourth-order valence-corrected chi connectivity index (χ4v) is 5.13. The molecule has 4 rings (SSSR count). The molecule has 12 heteroatoms. The maximum Gasteiger partial charge on any atom is 0.304 e. The summed E-state index contributed by atoms with van der Waals surface area (Å²) < 4.78 is 10.8. The number of amides is 4. The molecule has 12 nitrogen and oxygen atoms in total. The van der Waals surface area contributed by atoms with E-state index in [0.717, 1.165) is 20.9 Å². The Morgan fingerprint density at radius 1 is 0.619 bits per heavy atom. The number of piperazine rings is 2. The van der Waals surface area contributed by atoms with Gasteiger partial charge in [0.15, 0.2) is 0 Å². The van der Waals surface area contributed by atoms with E-state index in [-0.39, 0.29) is 39.3 Å². The van der Waals surface area contributed by atoms with E-state index < -0.39 is 48.0 Å². The number of rotatable bonds is 9. The highest BCUT2D eigenvalue weighted by atomic mass is 16.6. The largest absolute Gasteiger partial charge is 0.437 e. The molecule has 0 aliphatic carbocycles. The van der Waals surface area contributed by atoms with Crippen LogP contribution in [0.15, 0.2) is 48.5 Å². The molecule has 0 bridgehead atoms. The van der Waals surface area contributed by atoms with Gasteiger partial charge in [-0.25, -0.2) is 9.80 Å². The van der Waals surface area contributed by atoms with Crippen molar-refractivity contribution in [2.45, 2.75) is 40.2 Å². The number of carbonyl (C=O) groups is 6. The van der Waals surface area contributed by atoms with Gasteiger partial charge in [0.2, 0.25) is 36.1 Å². The minimum Gasteiger partial charge on any atom is -0.437 e. The normalized spacial score (nSPS) is 18.2. The Morgan fingerprint density at radius 3 is 1.21 bits per heavy atom. The van der Waals surface area contributed by atoms with Crippen LogP contribution in [0.1, 0.15) is 48.6 Å². The molecule has 2 aliphatic heterocycles. The second-order valence-corrected chi connectivity index (χ2v) is 10.4. The Labute approximate surface area is 243 Å². The second kappa shape index (κ2) is 13.0. The van der Waals surface area contributed by atoms with Crippen molar-refractivity contribution in [1.29, 1.82) is 0 Å². The summed E-state index contributed by atoms with van der Waals surface area (Å²) in [7, 11) is 0. The van der Waals surface area contributed by atoms with Gasteiger partial charge in [-0.3, -0.25) is 38.6 Å². The first-order valence-corrected chi connectivity index (χ1v) is 13.6.